The third-order valence-corrected chi connectivity index (χ3v) is 5.72. The maximum absolute atomic E-state index is 5.94. The maximum Gasteiger partial charge on any atom is 0.0406 e. The lowest BCUT2D eigenvalue weighted by molar-refractivity contribution is 0.328. The largest absolute Gasteiger partial charge is 0.309 e. The van der Waals surface area contributed by atoms with Crippen molar-refractivity contribution in [3.63, 3.8) is 0 Å². The van der Waals surface area contributed by atoms with Crippen LogP contribution in [0.25, 0.3) is 0 Å². The number of nitrogens with one attached hydrogen (secondary N) is 1. The quantitative estimate of drug-likeness (QED) is 0.814. The van der Waals surface area contributed by atoms with Crippen LogP contribution >= 0.6 is 23.4 Å². The van der Waals surface area contributed by atoms with Crippen molar-refractivity contribution in [1.82, 2.24) is 5.32 Å². The van der Waals surface area contributed by atoms with Gasteiger partial charge in [-0.3, -0.25) is 0 Å². The van der Waals surface area contributed by atoms with E-state index in [2.05, 4.69) is 30.6 Å². The smallest absolute Gasteiger partial charge is 0.0406 e. The van der Waals surface area contributed by atoms with E-state index in [4.69, 9.17) is 11.6 Å². The average molecular weight is 284 g/mol. The molecule has 3 heteroatoms. The topological polar surface area (TPSA) is 12.0 Å². The molecule has 1 aliphatic carbocycles. The Morgan fingerprint density at radius 1 is 1.33 bits per heavy atom. The van der Waals surface area contributed by atoms with Gasteiger partial charge < -0.3 is 5.32 Å². The van der Waals surface area contributed by atoms with Crippen molar-refractivity contribution < 1.29 is 0 Å². The van der Waals surface area contributed by atoms with Crippen molar-refractivity contribution >= 4 is 23.4 Å². The van der Waals surface area contributed by atoms with Crippen LogP contribution in [0.1, 0.15) is 44.2 Å². The molecule has 0 spiro atoms. The maximum atomic E-state index is 5.94. The highest BCUT2D eigenvalue weighted by atomic mass is 35.5. The minimum Gasteiger partial charge on any atom is -0.309 e. The van der Waals surface area contributed by atoms with E-state index in [0.29, 0.717) is 10.8 Å². The van der Waals surface area contributed by atoms with Gasteiger partial charge in [-0.15, -0.1) is 0 Å². The van der Waals surface area contributed by atoms with Gasteiger partial charge in [0.2, 0.25) is 0 Å². The van der Waals surface area contributed by atoms with Crippen LogP contribution in [-0.4, -0.2) is 17.5 Å². The highest BCUT2D eigenvalue weighted by Gasteiger charge is 2.36. The first-order valence-electron chi connectivity index (χ1n) is 6.73. The highest BCUT2D eigenvalue weighted by molar-refractivity contribution is 8.00. The van der Waals surface area contributed by atoms with Crippen molar-refractivity contribution in [3.05, 3.63) is 34.9 Å². The van der Waals surface area contributed by atoms with Crippen molar-refractivity contribution in [2.75, 3.05) is 12.8 Å². The second-order valence-electron chi connectivity index (χ2n) is 5.13. The number of hydrogen-bond acceptors (Lipinski definition) is 2. The van der Waals surface area contributed by atoms with E-state index in [1.54, 1.807) is 0 Å². The molecule has 1 atom stereocenters. The van der Waals surface area contributed by atoms with Gasteiger partial charge in [0, 0.05) is 22.4 Å². The minimum absolute atomic E-state index is 0.451. The molecular formula is C15H22ClNS. The molecule has 0 bridgehead atoms. The fraction of sp³-hybridized carbons (Fsp3) is 0.600. The molecule has 0 aliphatic heterocycles. The van der Waals surface area contributed by atoms with E-state index >= 15 is 0 Å². The summed E-state index contributed by atoms with van der Waals surface area (Å²) in [7, 11) is 0. The summed E-state index contributed by atoms with van der Waals surface area (Å²) in [5, 5.41) is 4.55. The number of rotatable bonds is 6. The molecule has 18 heavy (non-hydrogen) atoms. The SMILES string of the molecule is CCC(NCC1(SC)CCC1)c1ccc(Cl)cc1. The summed E-state index contributed by atoms with van der Waals surface area (Å²) < 4.78 is 0.500. The highest BCUT2D eigenvalue weighted by Crippen LogP contribution is 2.42. The zero-order valence-electron chi connectivity index (χ0n) is 11.2. The van der Waals surface area contributed by atoms with Crippen molar-refractivity contribution in [1.29, 1.82) is 0 Å². The van der Waals surface area contributed by atoms with Crippen LogP contribution in [0.3, 0.4) is 0 Å². The lowest BCUT2D eigenvalue weighted by Gasteiger charge is -2.41. The molecule has 0 amide bonds. The van der Waals surface area contributed by atoms with Gasteiger partial charge in [0.25, 0.3) is 0 Å². The van der Waals surface area contributed by atoms with Crippen molar-refractivity contribution in [2.24, 2.45) is 0 Å². The first-order chi connectivity index (χ1) is 8.69. The average Bonchev–Trinajstić information content (AvgIpc) is 2.35. The Bertz CT molecular complexity index is 367. The van der Waals surface area contributed by atoms with Crippen molar-refractivity contribution in [3.8, 4) is 0 Å². The number of benzene rings is 1. The van der Waals surface area contributed by atoms with Crippen LogP contribution < -0.4 is 5.32 Å². The lowest BCUT2D eigenvalue weighted by Crippen LogP contribution is -2.44. The fourth-order valence-electron chi connectivity index (χ4n) is 2.53. The second kappa shape index (κ2) is 6.31. The Hall–Kier alpha value is -0.180. The third-order valence-electron chi connectivity index (χ3n) is 4.05. The predicted molar refractivity (Wildman–Crippen MR) is 82.6 cm³/mol. The molecule has 0 heterocycles. The molecule has 0 aromatic heterocycles. The Balaban J connectivity index is 1.95. The van der Waals surface area contributed by atoms with Gasteiger partial charge in [-0.25, -0.2) is 0 Å². The minimum atomic E-state index is 0.451. The second-order valence-corrected chi connectivity index (χ2v) is 6.84. The molecule has 1 nitrogen and oxygen atoms in total. The van der Waals surface area contributed by atoms with Crippen LogP contribution in [0.5, 0.6) is 0 Å². The summed E-state index contributed by atoms with van der Waals surface area (Å²) in [6.07, 6.45) is 7.47. The molecule has 2 rings (SSSR count). The van der Waals surface area contributed by atoms with E-state index < -0.39 is 0 Å². The first kappa shape index (κ1) is 14.2. The van der Waals surface area contributed by atoms with E-state index in [9.17, 15) is 0 Å². The van der Waals surface area contributed by atoms with E-state index in [1.807, 2.05) is 23.9 Å². The number of halogens is 1. The fourth-order valence-corrected chi connectivity index (χ4v) is 3.58. The number of hydrogen-bond donors (Lipinski definition) is 1. The van der Waals surface area contributed by atoms with Gasteiger partial charge in [-0.2, -0.15) is 11.8 Å². The van der Waals surface area contributed by atoms with E-state index in [1.165, 1.54) is 24.8 Å². The Morgan fingerprint density at radius 2 is 2.00 bits per heavy atom. The van der Waals surface area contributed by atoms with Gasteiger partial charge >= 0.3 is 0 Å². The molecule has 0 radical (unpaired) electrons. The summed E-state index contributed by atoms with van der Waals surface area (Å²) in [4.78, 5) is 0. The predicted octanol–water partition coefficient (Wildman–Crippen LogP) is 4.67. The summed E-state index contributed by atoms with van der Waals surface area (Å²) in [5.41, 5.74) is 1.34. The molecule has 1 fully saturated rings. The van der Waals surface area contributed by atoms with Crippen LogP contribution in [0, 0.1) is 0 Å². The molecule has 1 unspecified atom stereocenters. The normalized spacial score (nSPS) is 19.3. The molecule has 100 valence electrons. The van der Waals surface area contributed by atoms with Gasteiger partial charge in [-0.1, -0.05) is 37.1 Å². The Labute approximate surface area is 120 Å². The first-order valence-corrected chi connectivity index (χ1v) is 8.33. The van der Waals surface area contributed by atoms with Crippen LogP contribution in [0.2, 0.25) is 5.02 Å². The molecule has 1 N–H and O–H groups in total. The summed E-state index contributed by atoms with van der Waals surface area (Å²) in [6.45, 7) is 3.36. The molecule has 1 aromatic carbocycles. The van der Waals surface area contributed by atoms with Gasteiger partial charge in [0.1, 0.15) is 0 Å². The zero-order valence-corrected chi connectivity index (χ0v) is 12.8. The van der Waals surface area contributed by atoms with E-state index in [0.717, 1.165) is 18.0 Å². The number of thioether (sulfide) groups is 1. The van der Waals surface area contributed by atoms with Gasteiger partial charge in [0.05, 0.1) is 0 Å². The molecule has 1 saturated carbocycles. The van der Waals surface area contributed by atoms with Gasteiger partial charge in [0.15, 0.2) is 0 Å². The molecule has 1 aliphatic rings. The zero-order chi connectivity index (χ0) is 13.0. The van der Waals surface area contributed by atoms with Crippen LogP contribution in [0.4, 0.5) is 0 Å². The van der Waals surface area contributed by atoms with Crippen molar-refractivity contribution in [2.45, 2.75) is 43.4 Å². The summed E-state index contributed by atoms with van der Waals surface area (Å²) >= 11 is 7.97. The molecule has 0 saturated heterocycles. The summed E-state index contributed by atoms with van der Waals surface area (Å²) in [6, 6.07) is 8.68. The lowest BCUT2D eigenvalue weighted by atomic mass is 9.84. The Kier molecular flexibility index (Phi) is 4.99. The van der Waals surface area contributed by atoms with Crippen LogP contribution in [0.15, 0.2) is 24.3 Å². The van der Waals surface area contributed by atoms with E-state index in [-0.39, 0.29) is 0 Å². The summed E-state index contributed by atoms with van der Waals surface area (Å²) in [5.74, 6) is 0. The van der Waals surface area contributed by atoms with Crippen LogP contribution in [-0.2, 0) is 0 Å². The third kappa shape index (κ3) is 3.23. The standard InChI is InChI=1S/C15H22ClNS/c1-3-14(12-5-7-13(16)8-6-12)17-11-15(18-2)9-4-10-15/h5-8,14,17H,3-4,9-11H2,1-2H3. The Morgan fingerprint density at radius 3 is 2.44 bits per heavy atom. The van der Waals surface area contributed by atoms with Gasteiger partial charge in [-0.05, 0) is 43.2 Å². The molecular weight excluding hydrogens is 262 g/mol. The molecule has 1 aromatic rings. The monoisotopic (exact) mass is 283 g/mol.